The Kier molecular flexibility index (Phi) is 3.49. The van der Waals surface area contributed by atoms with E-state index in [1.165, 1.54) is 37.9 Å². The zero-order valence-electron chi connectivity index (χ0n) is 6.23. The minimum absolute atomic E-state index is 0.993. The van der Waals surface area contributed by atoms with E-state index in [4.69, 9.17) is 0 Å². The highest BCUT2D eigenvalue weighted by Gasteiger charge is 2.08. The maximum Gasteiger partial charge on any atom is 0.00444 e. The Morgan fingerprint density at radius 1 is 1.33 bits per heavy atom. The standard InChI is InChI=1S/C8H16S/c1-2-8-6-4-3-5-7-9-8/h8H,2-7H2,1H3. The largest absolute Gasteiger partial charge is 0.159 e. The average molecular weight is 144 g/mol. The second kappa shape index (κ2) is 4.21. The topological polar surface area (TPSA) is 0 Å². The summed E-state index contributed by atoms with van der Waals surface area (Å²) in [6.07, 6.45) is 7.27. The normalized spacial score (nSPS) is 29.7. The zero-order valence-corrected chi connectivity index (χ0v) is 7.04. The molecule has 0 N–H and O–H groups in total. The van der Waals surface area contributed by atoms with Gasteiger partial charge in [-0.1, -0.05) is 19.8 Å². The second-order valence-electron chi connectivity index (χ2n) is 2.75. The molecule has 1 fully saturated rings. The van der Waals surface area contributed by atoms with E-state index in [2.05, 4.69) is 18.7 Å². The first-order valence-corrected chi connectivity index (χ1v) is 5.10. The van der Waals surface area contributed by atoms with E-state index in [1.54, 1.807) is 0 Å². The van der Waals surface area contributed by atoms with Gasteiger partial charge in [0.25, 0.3) is 0 Å². The molecular formula is C8H16S. The molecule has 0 aromatic carbocycles. The van der Waals surface area contributed by atoms with Crippen molar-refractivity contribution >= 4 is 11.8 Å². The van der Waals surface area contributed by atoms with Gasteiger partial charge in [0.2, 0.25) is 0 Å². The summed E-state index contributed by atoms with van der Waals surface area (Å²) in [5.74, 6) is 1.42. The highest BCUT2D eigenvalue weighted by Crippen LogP contribution is 2.25. The summed E-state index contributed by atoms with van der Waals surface area (Å²) < 4.78 is 0. The Hall–Kier alpha value is 0.350. The molecule has 0 aromatic rings. The Bertz CT molecular complexity index is 63.0. The van der Waals surface area contributed by atoms with Crippen molar-refractivity contribution in [3.05, 3.63) is 0 Å². The molecule has 0 saturated carbocycles. The molecule has 1 heteroatoms. The summed E-state index contributed by atoms with van der Waals surface area (Å²) in [5, 5.41) is 0.993. The molecule has 0 bridgehead atoms. The van der Waals surface area contributed by atoms with Crippen LogP contribution in [-0.4, -0.2) is 11.0 Å². The first-order valence-electron chi connectivity index (χ1n) is 4.05. The minimum atomic E-state index is 0.993. The highest BCUT2D eigenvalue weighted by atomic mass is 32.2. The lowest BCUT2D eigenvalue weighted by atomic mass is 10.1. The summed E-state index contributed by atoms with van der Waals surface area (Å²) >= 11 is 2.18. The first-order chi connectivity index (χ1) is 4.43. The number of hydrogen-bond donors (Lipinski definition) is 0. The van der Waals surface area contributed by atoms with Gasteiger partial charge in [-0.3, -0.25) is 0 Å². The Morgan fingerprint density at radius 3 is 3.00 bits per heavy atom. The third-order valence-electron chi connectivity index (χ3n) is 1.98. The third kappa shape index (κ3) is 2.61. The Labute approximate surface area is 62.4 Å². The predicted octanol–water partition coefficient (Wildman–Crippen LogP) is 3.07. The van der Waals surface area contributed by atoms with Crippen molar-refractivity contribution in [2.75, 3.05) is 5.75 Å². The molecule has 54 valence electrons. The van der Waals surface area contributed by atoms with Crippen LogP contribution in [-0.2, 0) is 0 Å². The molecule has 1 unspecified atom stereocenters. The molecule has 1 aliphatic heterocycles. The van der Waals surface area contributed by atoms with Crippen LogP contribution >= 0.6 is 11.8 Å². The molecule has 1 aliphatic rings. The third-order valence-corrected chi connectivity index (χ3v) is 3.54. The van der Waals surface area contributed by atoms with E-state index in [9.17, 15) is 0 Å². The quantitative estimate of drug-likeness (QED) is 0.545. The molecule has 0 nitrogen and oxygen atoms in total. The van der Waals surface area contributed by atoms with Gasteiger partial charge in [0.05, 0.1) is 0 Å². The Balaban J connectivity index is 2.18. The molecule has 0 radical (unpaired) electrons. The molecule has 1 atom stereocenters. The van der Waals surface area contributed by atoms with E-state index >= 15 is 0 Å². The van der Waals surface area contributed by atoms with Crippen molar-refractivity contribution in [1.82, 2.24) is 0 Å². The van der Waals surface area contributed by atoms with E-state index < -0.39 is 0 Å². The van der Waals surface area contributed by atoms with Gasteiger partial charge in [-0.2, -0.15) is 11.8 Å². The van der Waals surface area contributed by atoms with Crippen molar-refractivity contribution < 1.29 is 0 Å². The van der Waals surface area contributed by atoms with Gasteiger partial charge in [0.15, 0.2) is 0 Å². The van der Waals surface area contributed by atoms with E-state index in [0.717, 1.165) is 5.25 Å². The van der Waals surface area contributed by atoms with Crippen LogP contribution in [0.1, 0.15) is 39.0 Å². The highest BCUT2D eigenvalue weighted by molar-refractivity contribution is 7.99. The molecule has 0 amide bonds. The fraction of sp³-hybridized carbons (Fsp3) is 1.00. The molecule has 1 rings (SSSR count). The predicted molar refractivity (Wildman–Crippen MR) is 45.0 cm³/mol. The van der Waals surface area contributed by atoms with Crippen LogP contribution in [0.3, 0.4) is 0 Å². The number of hydrogen-bond acceptors (Lipinski definition) is 1. The molecule has 0 aromatic heterocycles. The number of thioether (sulfide) groups is 1. The smallest absolute Gasteiger partial charge is 0.00444 e. The lowest BCUT2D eigenvalue weighted by Gasteiger charge is -2.08. The van der Waals surface area contributed by atoms with Crippen molar-refractivity contribution in [3.8, 4) is 0 Å². The average Bonchev–Trinajstić information content (AvgIpc) is 2.13. The monoisotopic (exact) mass is 144 g/mol. The van der Waals surface area contributed by atoms with Gasteiger partial charge in [0, 0.05) is 5.25 Å². The van der Waals surface area contributed by atoms with Crippen LogP contribution in [0.2, 0.25) is 0 Å². The summed E-state index contributed by atoms with van der Waals surface area (Å²) in [4.78, 5) is 0. The molecule has 0 aliphatic carbocycles. The fourth-order valence-corrected chi connectivity index (χ4v) is 2.58. The summed E-state index contributed by atoms with van der Waals surface area (Å²) in [6.45, 7) is 2.31. The van der Waals surface area contributed by atoms with E-state index in [0.29, 0.717) is 0 Å². The molecule has 9 heavy (non-hydrogen) atoms. The molecule has 1 saturated heterocycles. The van der Waals surface area contributed by atoms with Crippen molar-refractivity contribution in [1.29, 1.82) is 0 Å². The summed E-state index contributed by atoms with van der Waals surface area (Å²) in [6, 6.07) is 0. The summed E-state index contributed by atoms with van der Waals surface area (Å²) in [7, 11) is 0. The van der Waals surface area contributed by atoms with Crippen LogP contribution in [0.4, 0.5) is 0 Å². The van der Waals surface area contributed by atoms with Crippen molar-refractivity contribution in [2.45, 2.75) is 44.3 Å². The van der Waals surface area contributed by atoms with Gasteiger partial charge < -0.3 is 0 Å². The van der Waals surface area contributed by atoms with Crippen molar-refractivity contribution in [2.24, 2.45) is 0 Å². The Morgan fingerprint density at radius 2 is 2.22 bits per heavy atom. The van der Waals surface area contributed by atoms with Gasteiger partial charge in [0.1, 0.15) is 0 Å². The van der Waals surface area contributed by atoms with Gasteiger partial charge in [-0.05, 0) is 25.0 Å². The lowest BCUT2D eigenvalue weighted by Crippen LogP contribution is -1.97. The maximum atomic E-state index is 2.31. The summed E-state index contributed by atoms with van der Waals surface area (Å²) in [5.41, 5.74) is 0. The lowest BCUT2D eigenvalue weighted by molar-refractivity contribution is 0.656. The van der Waals surface area contributed by atoms with E-state index in [1.807, 2.05) is 0 Å². The van der Waals surface area contributed by atoms with Crippen LogP contribution in [0.25, 0.3) is 0 Å². The van der Waals surface area contributed by atoms with Crippen molar-refractivity contribution in [3.63, 3.8) is 0 Å². The molecule has 0 spiro atoms. The zero-order chi connectivity index (χ0) is 6.53. The van der Waals surface area contributed by atoms with Gasteiger partial charge in [-0.25, -0.2) is 0 Å². The SMILES string of the molecule is CCC1CCCCCS1. The van der Waals surface area contributed by atoms with Crippen LogP contribution < -0.4 is 0 Å². The molecular weight excluding hydrogens is 128 g/mol. The van der Waals surface area contributed by atoms with Gasteiger partial charge in [-0.15, -0.1) is 0 Å². The minimum Gasteiger partial charge on any atom is -0.159 e. The second-order valence-corrected chi connectivity index (χ2v) is 4.16. The fourth-order valence-electron chi connectivity index (χ4n) is 1.31. The van der Waals surface area contributed by atoms with E-state index in [-0.39, 0.29) is 0 Å². The maximum absolute atomic E-state index is 2.31. The van der Waals surface area contributed by atoms with Crippen LogP contribution in [0.5, 0.6) is 0 Å². The van der Waals surface area contributed by atoms with Crippen LogP contribution in [0.15, 0.2) is 0 Å². The van der Waals surface area contributed by atoms with Gasteiger partial charge >= 0.3 is 0 Å². The molecule has 1 heterocycles. The number of rotatable bonds is 1. The first kappa shape index (κ1) is 7.46. The van der Waals surface area contributed by atoms with Crippen LogP contribution in [0, 0.1) is 0 Å².